The Morgan fingerprint density at radius 3 is 2.86 bits per heavy atom. The van der Waals surface area contributed by atoms with Crippen LogP contribution in [-0.2, 0) is 17.7 Å². The van der Waals surface area contributed by atoms with E-state index in [1.165, 1.54) is 0 Å². The minimum atomic E-state index is -0.503. The van der Waals surface area contributed by atoms with Gasteiger partial charge in [-0.05, 0) is 44.4 Å². The van der Waals surface area contributed by atoms with Crippen LogP contribution < -0.4 is 0 Å². The molecule has 0 spiro atoms. The molecule has 0 atom stereocenters. The van der Waals surface area contributed by atoms with E-state index in [2.05, 4.69) is 9.97 Å². The number of carbonyl (C=O) groups is 1. The number of fused-ring (bicyclic) bond motifs is 3. The molecule has 1 aliphatic rings. The van der Waals surface area contributed by atoms with Crippen molar-refractivity contribution in [3.63, 3.8) is 0 Å². The van der Waals surface area contributed by atoms with Crippen LogP contribution in [0.25, 0.3) is 11.0 Å². The van der Waals surface area contributed by atoms with Gasteiger partial charge in [0, 0.05) is 24.3 Å². The Morgan fingerprint density at radius 2 is 2.14 bits per heavy atom. The number of pyridine rings is 2. The summed E-state index contributed by atoms with van der Waals surface area (Å²) in [6.07, 6.45) is 3.90. The molecule has 6 heteroatoms. The van der Waals surface area contributed by atoms with Crippen LogP contribution in [0, 0.1) is 0 Å². The van der Waals surface area contributed by atoms with Gasteiger partial charge in [-0.1, -0.05) is 11.6 Å². The summed E-state index contributed by atoms with van der Waals surface area (Å²) in [5.41, 5.74) is 2.23. The first-order valence-corrected chi connectivity index (χ1v) is 7.62. The van der Waals surface area contributed by atoms with Crippen LogP contribution in [0.1, 0.15) is 31.9 Å². The maximum absolute atomic E-state index is 12.3. The number of ether oxygens (including phenoxy) is 1. The third-order valence-electron chi connectivity index (χ3n) is 3.56. The molecule has 0 saturated carbocycles. The lowest BCUT2D eigenvalue weighted by Gasteiger charge is -2.31. The number of carbonyl (C=O) groups excluding carboxylic acids is 1. The molecule has 0 N–H and O–H groups in total. The lowest BCUT2D eigenvalue weighted by Crippen LogP contribution is -2.40. The molecule has 5 nitrogen and oxygen atoms in total. The topological polar surface area (TPSA) is 55.3 Å². The lowest BCUT2D eigenvalue weighted by atomic mass is 9.99. The van der Waals surface area contributed by atoms with Crippen molar-refractivity contribution in [3.8, 4) is 0 Å². The van der Waals surface area contributed by atoms with Crippen LogP contribution in [0.15, 0.2) is 18.5 Å². The standard InChI is InChI=1S/C16H18ClN3O2/c1-16(2,3)22-15(21)20-7-5-10-8-19-14-13(11(10)9-20)12(17)4-6-18-14/h4,6,8H,5,7,9H2,1-3H3. The van der Waals surface area contributed by atoms with E-state index < -0.39 is 5.60 Å². The molecular formula is C16H18ClN3O2. The van der Waals surface area contributed by atoms with Crippen LogP contribution in [0.5, 0.6) is 0 Å². The molecule has 0 saturated heterocycles. The molecule has 22 heavy (non-hydrogen) atoms. The van der Waals surface area contributed by atoms with E-state index in [4.69, 9.17) is 16.3 Å². The monoisotopic (exact) mass is 319 g/mol. The molecule has 0 bridgehead atoms. The van der Waals surface area contributed by atoms with Crippen molar-refractivity contribution in [1.82, 2.24) is 14.9 Å². The van der Waals surface area contributed by atoms with Gasteiger partial charge in [0.15, 0.2) is 5.65 Å². The first-order valence-electron chi connectivity index (χ1n) is 7.24. The molecular weight excluding hydrogens is 302 g/mol. The van der Waals surface area contributed by atoms with Crippen molar-refractivity contribution in [2.24, 2.45) is 0 Å². The molecule has 1 aliphatic heterocycles. The van der Waals surface area contributed by atoms with Gasteiger partial charge in [-0.2, -0.15) is 0 Å². The first kappa shape index (κ1) is 15.0. The SMILES string of the molecule is CC(C)(C)OC(=O)N1CCc2cnc3nccc(Cl)c3c2C1. The highest BCUT2D eigenvalue weighted by Crippen LogP contribution is 2.30. The summed E-state index contributed by atoms with van der Waals surface area (Å²) in [6, 6.07) is 1.75. The van der Waals surface area contributed by atoms with Gasteiger partial charge in [-0.25, -0.2) is 14.8 Å². The second kappa shape index (κ2) is 5.39. The Kier molecular flexibility index (Phi) is 3.68. The van der Waals surface area contributed by atoms with Crippen molar-refractivity contribution in [2.75, 3.05) is 6.54 Å². The van der Waals surface area contributed by atoms with Crippen LogP contribution in [-0.4, -0.2) is 33.1 Å². The van der Waals surface area contributed by atoms with Crippen LogP contribution in [0.3, 0.4) is 0 Å². The summed E-state index contributed by atoms with van der Waals surface area (Å²) < 4.78 is 5.46. The maximum Gasteiger partial charge on any atom is 0.410 e. The molecule has 3 heterocycles. The van der Waals surface area contributed by atoms with E-state index in [-0.39, 0.29) is 6.09 Å². The minimum absolute atomic E-state index is 0.303. The van der Waals surface area contributed by atoms with E-state index in [9.17, 15) is 4.79 Å². The Morgan fingerprint density at radius 1 is 1.36 bits per heavy atom. The molecule has 2 aromatic heterocycles. The zero-order valence-corrected chi connectivity index (χ0v) is 13.6. The van der Waals surface area contributed by atoms with Crippen LogP contribution >= 0.6 is 11.6 Å². The molecule has 2 aromatic rings. The van der Waals surface area contributed by atoms with Crippen LogP contribution in [0.2, 0.25) is 5.02 Å². The summed E-state index contributed by atoms with van der Waals surface area (Å²) in [5.74, 6) is 0. The van der Waals surface area contributed by atoms with Gasteiger partial charge in [-0.15, -0.1) is 0 Å². The molecule has 116 valence electrons. The van der Waals surface area contributed by atoms with Gasteiger partial charge >= 0.3 is 6.09 Å². The number of amides is 1. The number of rotatable bonds is 0. The third kappa shape index (κ3) is 2.86. The smallest absolute Gasteiger partial charge is 0.410 e. The second-order valence-electron chi connectivity index (χ2n) is 6.41. The van der Waals surface area contributed by atoms with Gasteiger partial charge in [-0.3, -0.25) is 0 Å². The minimum Gasteiger partial charge on any atom is -0.444 e. The second-order valence-corrected chi connectivity index (χ2v) is 6.81. The average molecular weight is 320 g/mol. The Labute approximate surface area is 134 Å². The van der Waals surface area contributed by atoms with Gasteiger partial charge in [0.25, 0.3) is 0 Å². The zero-order chi connectivity index (χ0) is 15.9. The van der Waals surface area contributed by atoms with Gasteiger partial charge in [0.1, 0.15) is 5.60 Å². The molecule has 0 radical (unpaired) electrons. The normalized spacial score (nSPS) is 14.8. The molecule has 3 rings (SSSR count). The number of halogens is 1. The van der Waals surface area contributed by atoms with Crippen molar-refractivity contribution in [2.45, 2.75) is 39.3 Å². The zero-order valence-electron chi connectivity index (χ0n) is 12.9. The maximum atomic E-state index is 12.3. The van der Waals surface area contributed by atoms with E-state index in [1.807, 2.05) is 27.0 Å². The van der Waals surface area contributed by atoms with E-state index in [0.717, 1.165) is 22.9 Å². The van der Waals surface area contributed by atoms with E-state index in [1.54, 1.807) is 17.2 Å². The van der Waals surface area contributed by atoms with E-state index in [0.29, 0.717) is 23.8 Å². The van der Waals surface area contributed by atoms with Crippen molar-refractivity contribution < 1.29 is 9.53 Å². The Bertz CT molecular complexity index is 740. The number of hydrogen-bond acceptors (Lipinski definition) is 4. The van der Waals surface area contributed by atoms with Gasteiger partial charge in [0.05, 0.1) is 11.6 Å². The molecule has 0 aromatic carbocycles. The van der Waals surface area contributed by atoms with Crippen molar-refractivity contribution in [1.29, 1.82) is 0 Å². The Hall–Kier alpha value is -1.88. The highest BCUT2D eigenvalue weighted by atomic mass is 35.5. The lowest BCUT2D eigenvalue weighted by molar-refractivity contribution is 0.0225. The number of aromatic nitrogens is 2. The summed E-state index contributed by atoms with van der Waals surface area (Å²) >= 11 is 6.31. The first-order chi connectivity index (χ1) is 10.3. The number of nitrogens with zero attached hydrogens (tertiary/aromatic N) is 3. The quantitative estimate of drug-likeness (QED) is 0.745. The van der Waals surface area contributed by atoms with Crippen molar-refractivity contribution in [3.05, 3.63) is 34.6 Å². The van der Waals surface area contributed by atoms with Gasteiger partial charge in [0.2, 0.25) is 0 Å². The summed E-state index contributed by atoms with van der Waals surface area (Å²) in [4.78, 5) is 22.6. The molecule has 0 unspecified atom stereocenters. The average Bonchev–Trinajstić information content (AvgIpc) is 2.44. The molecule has 0 fully saturated rings. The predicted octanol–water partition coefficient (Wildman–Crippen LogP) is 3.58. The predicted molar refractivity (Wildman–Crippen MR) is 84.9 cm³/mol. The summed E-state index contributed by atoms with van der Waals surface area (Å²) in [5, 5.41) is 1.44. The Balaban J connectivity index is 1.96. The molecule has 1 amide bonds. The summed E-state index contributed by atoms with van der Waals surface area (Å²) in [7, 11) is 0. The van der Waals surface area contributed by atoms with Gasteiger partial charge < -0.3 is 9.64 Å². The number of hydrogen-bond donors (Lipinski definition) is 0. The van der Waals surface area contributed by atoms with Crippen molar-refractivity contribution >= 4 is 28.7 Å². The van der Waals surface area contributed by atoms with Crippen LogP contribution in [0.4, 0.5) is 4.79 Å². The molecule has 0 aliphatic carbocycles. The summed E-state index contributed by atoms with van der Waals surface area (Å²) in [6.45, 7) is 6.68. The fraction of sp³-hybridized carbons (Fsp3) is 0.438. The highest BCUT2D eigenvalue weighted by molar-refractivity contribution is 6.35. The largest absolute Gasteiger partial charge is 0.444 e. The fourth-order valence-corrected chi connectivity index (χ4v) is 2.84. The highest BCUT2D eigenvalue weighted by Gasteiger charge is 2.27. The fourth-order valence-electron chi connectivity index (χ4n) is 2.59. The third-order valence-corrected chi connectivity index (χ3v) is 3.88. The van der Waals surface area contributed by atoms with E-state index >= 15 is 0 Å².